The second-order valence-corrected chi connectivity index (χ2v) is 5.22. The summed E-state index contributed by atoms with van der Waals surface area (Å²) in [6.07, 6.45) is -6.26. The van der Waals surface area contributed by atoms with Crippen LogP contribution in [-0.4, -0.2) is 67.9 Å². The van der Waals surface area contributed by atoms with Crippen molar-refractivity contribution in [2.24, 2.45) is 0 Å². The Labute approximate surface area is 97.0 Å². The fourth-order valence-electron chi connectivity index (χ4n) is 1.07. The first kappa shape index (κ1) is 16.5. The molecular weight excluding hydrogens is 257 g/mol. The van der Waals surface area contributed by atoms with E-state index in [-0.39, 0.29) is 11.5 Å². The summed E-state index contributed by atoms with van der Waals surface area (Å²) < 4.78 is 10.4. The monoisotopic (exact) mass is 272 g/mol. The number of hydroxylamine groups is 2. The average molecular weight is 272 g/mol. The van der Waals surface area contributed by atoms with Crippen LogP contribution in [0.5, 0.6) is 0 Å². The van der Waals surface area contributed by atoms with E-state index in [2.05, 4.69) is 0 Å². The van der Waals surface area contributed by atoms with Crippen LogP contribution in [0.4, 0.5) is 0 Å². The predicted molar refractivity (Wildman–Crippen MR) is 51.9 cm³/mol. The molecule has 0 aromatic carbocycles. The highest BCUT2D eigenvalue weighted by Gasteiger charge is 2.26. The van der Waals surface area contributed by atoms with Crippen LogP contribution in [0, 0.1) is 0 Å². The van der Waals surface area contributed by atoms with Gasteiger partial charge in [0.05, 0.1) is 12.6 Å². The third kappa shape index (κ3) is 7.40. The van der Waals surface area contributed by atoms with Crippen molar-refractivity contribution in [2.45, 2.75) is 24.7 Å². The first-order valence-electron chi connectivity index (χ1n) is 4.65. The largest absolute Gasteiger partial charge is 0.779 e. The molecular formula is C7H15NO8P-. The van der Waals surface area contributed by atoms with Gasteiger partial charge in [0.15, 0.2) is 0 Å². The summed E-state index contributed by atoms with van der Waals surface area (Å²) >= 11 is 0. The fraction of sp³-hybridized carbons (Fsp3) is 0.857. The number of aliphatic hydroxyl groups is 3. The summed E-state index contributed by atoms with van der Waals surface area (Å²) in [4.78, 5) is 28.8. The molecule has 0 bridgehead atoms. The van der Waals surface area contributed by atoms with Crippen LogP contribution in [0.15, 0.2) is 0 Å². The summed E-state index contributed by atoms with van der Waals surface area (Å²) in [7, 11) is -4.54. The van der Waals surface area contributed by atoms with Gasteiger partial charge in [0.25, 0.3) is 0 Å². The molecule has 102 valence electrons. The molecule has 0 spiro atoms. The first-order valence-corrected chi connectivity index (χ1v) is 6.41. The quantitative estimate of drug-likeness (QED) is 0.134. The lowest BCUT2D eigenvalue weighted by atomic mass is 10.1. The molecule has 10 heteroatoms. The SMILES string of the molecule is O=CN(O)C[C@H](O)[C@H](O)[C@H](O)CCP(=O)([O-])O. The van der Waals surface area contributed by atoms with Gasteiger partial charge in [0.1, 0.15) is 19.8 Å². The molecule has 0 aliphatic heterocycles. The van der Waals surface area contributed by atoms with Gasteiger partial charge in [-0.05, 0) is 6.42 Å². The fourth-order valence-corrected chi connectivity index (χ4v) is 1.66. The van der Waals surface area contributed by atoms with E-state index >= 15 is 0 Å². The van der Waals surface area contributed by atoms with Crippen LogP contribution < -0.4 is 4.89 Å². The van der Waals surface area contributed by atoms with E-state index in [1.54, 1.807) is 0 Å². The number of carbonyl (C=O) groups is 1. The van der Waals surface area contributed by atoms with E-state index in [4.69, 9.17) is 10.1 Å². The third-order valence-corrected chi connectivity index (χ3v) is 2.82. The topological polar surface area (TPSA) is 162 Å². The Morgan fingerprint density at radius 2 is 1.82 bits per heavy atom. The number of hydrogen-bond acceptors (Lipinski definition) is 7. The minimum absolute atomic E-state index is 0.0120. The normalized spacial score (nSPS) is 20.1. The maximum absolute atomic E-state index is 10.4. The second-order valence-electron chi connectivity index (χ2n) is 3.50. The van der Waals surface area contributed by atoms with Gasteiger partial charge in [-0.15, -0.1) is 0 Å². The van der Waals surface area contributed by atoms with Crippen LogP contribution in [0.2, 0.25) is 0 Å². The third-order valence-electron chi connectivity index (χ3n) is 1.99. The van der Waals surface area contributed by atoms with Gasteiger partial charge in [0, 0.05) is 6.16 Å². The summed E-state index contributed by atoms with van der Waals surface area (Å²) in [6, 6.07) is 0. The molecule has 0 saturated carbocycles. The van der Waals surface area contributed by atoms with Crippen molar-refractivity contribution >= 4 is 14.0 Å². The summed E-state index contributed by atoms with van der Waals surface area (Å²) in [5, 5.41) is 36.6. The van der Waals surface area contributed by atoms with Crippen LogP contribution in [-0.2, 0) is 9.36 Å². The molecule has 0 aromatic heterocycles. The highest BCUT2D eigenvalue weighted by Crippen LogP contribution is 2.30. The van der Waals surface area contributed by atoms with E-state index < -0.39 is 45.0 Å². The van der Waals surface area contributed by atoms with E-state index in [1.165, 1.54) is 0 Å². The lowest BCUT2D eigenvalue weighted by molar-refractivity contribution is -0.194. The summed E-state index contributed by atoms with van der Waals surface area (Å²) in [5.41, 5.74) is 0. The average Bonchev–Trinajstić information content (AvgIpc) is 2.23. The molecule has 9 nitrogen and oxygen atoms in total. The van der Waals surface area contributed by atoms with Gasteiger partial charge in [-0.1, -0.05) is 0 Å². The molecule has 1 unspecified atom stereocenters. The first-order chi connectivity index (χ1) is 7.67. The standard InChI is InChI=1S/C7H16NO8P/c9-4-8(13)3-6(11)7(12)5(10)1-2-17(14,15)16/h4-7,10-13H,1-3H2,(H2,14,15,16)/p-1/t5-,6+,7-/m1/s1. The van der Waals surface area contributed by atoms with E-state index in [0.29, 0.717) is 0 Å². The molecule has 17 heavy (non-hydrogen) atoms. The Balaban J connectivity index is 4.15. The van der Waals surface area contributed by atoms with Crippen molar-refractivity contribution in [3.63, 3.8) is 0 Å². The molecule has 0 aromatic rings. The molecule has 0 fully saturated rings. The highest BCUT2D eigenvalue weighted by atomic mass is 31.2. The summed E-state index contributed by atoms with van der Waals surface area (Å²) in [6.45, 7) is -0.643. The van der Waals surface area contributed by atoms with Crippen molar-refractivity contribution in [1.82, 2.24) is 5.06 Å². The zero-order valence-corrected chi connectivity index (χ0v) is 9.68. The Morgan fingerprint density at radius 1 is 1.29 bits per heavy atom. The number of nitrogens with zero attached hydrogens (tertiary/aromatic N) is 1. The molecule has 1 amide bonds. The smallest absolute Gasteiger partial charge is 0.233 e. The Hall–Kier alpha value is -0.540. The summed E-state index contributed by atoms with van der Waals surface area (Å²) in [5.74, 6) is 0. The Morgan fingerprint density at radius 3 is 2.24 bits per heavy atom. The highest BCUT2D eigenvalue weighted by molar-refractivity contribution is 7.50. The van der Waals surface area contributed by atoms with Gasteiger partial charge in [-0.2, -0.15) is 0 Å². The zero-order chi connectivity index (χ0) is 13.6. The number of amides is 1. The minimum Gasteiger partial charge on any atom is -0.779 e. The van der Waals surface area contributed by atoms with E-state index in [0.717, 1.165) is 0 Å². The van der Waals surface area contributed by atoms with Crippen LogP contribution >= 0.6 is 7.60 Å². The number of carbonyl (C=O) groups excluding carboxylic acids is 1. The lowest BCUT2D eigenvalue weighted by Crippen LogP contribution is -2.44. The van der Waals surface area contributed by atoms with Crippen LogP contribution in [0.1, 0.15) is 6.42 Å². The Kier molecular flexibility index (Phi) is 6.80. The van der Waals surface area contributed by atoms with Crippen molar-refractivity contribution in [2.75, 3.05) is 12.7 Å². The van der Waals surface area contributed by atoms with Crippen molar-refractivity contribution < 1.29 is 39.7 Å². The van der Waals surface area contributed by atoms with E-state index in [9.17, 15) is 29.6 Å². The van der Waals surface area contributed by atoms with Crippen molar-refractivity contribution in [3.05, 3.63) is 0 Å². The maximum atomic E-state index is 10.4. The molecule has 4 atom stereocenters. The molecule has 0 aliphatic carbocycles. The molecule has 5 N–H and O–H groups in total. The number of aliphatic hydroxyl groups excluding tert-OH is 3. The number of rotatable bonds is 8. The van der Waals surface area contributed by atoms with Gasteiger partial charge >= 0.3 is 0 Å². The Bertz CT molecular complexity index is 281. The number of hydrogen-bond donors (Lipinski definition) is 5. The predicted octanol–water partition coefficient (Wildman–Crippen LogP) is -3.15. The molecule has 0 rings (SSSR count). The maximum Gasteiger partial charge on any atom is 0.233 e. The van der Waals surface area contributed by atoms with Crippen LogP contribution in [0.3, 0.4) is 0 Å². The van der Waals surface area contributed by atoms with Gasteiger partial charge < -0.3 is 29.7 Å². The van der Waals surface area contributed by atoms with Gasteiger partial charge in [0.2, 0.25) is 6.41 Å². The molecule has 0 radical (unpaired) electrons. The van der Waals surface area contributed by atoms with Gasteiger partial charge in [-0.3, -0.25) is 10.0 Å². The second kappa shape index (κ2) is 7.02. The van der Waals surface area contributed by atoms with E-state index in [1.807, 2.05) is 0 Å². The van der Waals surface area contributed by atoms with Crippen molar-refractivity contribution in [1.29, 1.82) is 0 Å². The molecule has 0 heterocycles. The molecule has 0 aliphatic rings. The minimum atomic E-state index is -4.54. The van der Waals surface area contributed by atoms with Gasteiger partial charge in [-0.25, -0.2) is 5.06 Å². The van der Waals surface area contributed by atoms with Crippen LogP contribution in [0.25, 0.3) is 0 Å². The zero-order valence-electron chi connectivity index (χ0n) is 8.79. The molecule has 0 saturated heterocycles. The lowest BCUT2D eigenvalue weighted by Gasteiger charge is -2.25. The van der Waals surface area contributed by atoms with Crippen molar-refractivity contribution in [3.8, 4) is 0 Å².